The topological polar surface area (TPSA) is 42.2 Å². The fourth-order valence-corrected chi connectivity index (χ4v) is 1.92. The molecule has 19 heavy (non-hydrogen) atoms. The van der Waals surface area contributed by atoms with Crippen LogP contribution < -0.4 is 5.32 Å². The predicted molar refractivity (Wildman–Crippen MR) is 76.5 cm³/mol. The molecule has 0 bridgehead atoms. The molecule has 0 fully saturated rings. The molecular weight excluding hydrogens is 238 g/mol. The van der Waals surface area contributed by atoms with Crippen molar-refractivity contribution in [2.45, 2.75) is 13.3 Å². The smallest absolute Gasteiger partial charge is 0.244 e. The molecular formula is C16H15NO2. The van der Waals surface area contributed by atoms with Crippen LogP contribution in [0.4, 0.5) is 0 Å². The molecule has 0 aliphatic carbocycles. The van der Waals surface area contributed by atoms with Gasteiger partial charge in [0.1, 0.15) is 11.3 Å². The Morgan fingerprint density at radius 2 is 2.26 bits per heavy atom. The number of carbonyl (C=O) groups excluding carboxylic acids is 1. The van der Waals surface area contributed by atoms with Crippen LogP contribution in [0.5, 0.6) is 0 Å². The van der Waals surface area contributed by atoms with Crippen molar-refractivity contribution in [3.05, 3.63) is 41.7 Å². The van der Waals surface area contributed by atoms with Crippen LogP contribution in [0.1, 0.15) is 18.2 Å². The van der Waals surface area contributed by atoms with Gasteiger partial charge >= 0.3 is 0 Å². The number of amides is 1. The minimum absolute atomic E-state index is 0.203. The van der Waals surface area contributed by atoms with Crippen LogP contribution in [-0.2, 0) is 11.2 Å². The van der Waals surface area contributed by atoms with Crippen LogP contribution in [0, 0.1) is 12.3 Å². The Balaban J connectivity index is 2.31. The van der Waals surface area contributed by atoms with Gasteiger partial charge in [-0.05, 0) is 12.1 Å². The van der Waals surface area contributed by atoms with Gasteiger partial charge in [-0.3, -0.25) is 4.79 Å². The number of rotatable bonds is 4. The Morgan fingerprint density at radius 1 is 1.47 bits per heavy atom. The highest BCUT2D eigenvalue weighted by molar-refractivity contribution is 5.96. The Morgan fingerprint density at radius 3 is 3.00 bits per heavy atom. The van der Waals surface area contributed by atoms with E-state index >= 15 is 0 Å². The number of carbonyl (C=O) groups is 1. The molecule has 0 spiro atoms. The summed E-state index contributed by atoms with van der Waals surface area (Å²) in [6.45, 7) is 2.25. The Hall–Kier alpha value is -2.47. The van der Waals surface area contributed by atoms with Gasteiger partial charge in [0.15, 0.2) is 0 Å². The van der Waals surface area contributed by atoms with Gasteiger partial charge in [0.2, 0.25) is 5.91 Å². The van der Waals surface area contributed by atoms with Gasteiger partial charge in [0, 0.05) is 23.4 Å². The number of furan rings is 1. The van der Waals surface area contributed by atoms with Crippen molar-refractivity contribution in [1.82, 2.24) is 5.32 Å². The van der Waals surface area contributed by atoms with Gasteiger partial charge in [-0.2, -0.15) is 0 Å². The zero-order valence-electron chi connectivity index (χ0n) is 10.8. The van der Waals surface area contributed by atoms with E-state index in [0.29, 0.717) is 0 Å². The van der Waals surface area contributed by atoms with Gasteiger partial charge in [0.05, 0.1) is 6.54 Å². The fourth-order valence-electron chi connectivity index (χ4n) is 1.92. The lowest BCUT2D eigenvalue weighted by Gasteiger charge is -1.96. The molecule has 3 nitrogen and oxygen atoms in total. The molecule has 1 amide bonds. The highest BCUT2D eigenvalue weighted by atomic mass is 16.3. The van der Waals surface area contributed by atoms with E-state index in [0.717, 1.165) is 28.7 Å². The maximum absolute atomic E-state index is 11.5. The Labute approximate surface area is 112 Å². The zero-order valence-corrected chi connectivity index (χ0v) is 10.8. The van der Waals surface area contributed by atoms with Crippen molar-refractivity contribution in [2.24, 2.45) is 0 Å². The number of aryl methyl sites for hydroxylation is 1. The van der Waals surface area contributed by atoms with Crippen LogP contribution in [0.15, 0.2) is 34.8 Å². The normalized spacial score (nSPS) is 10.7. The summed E-state index contributed by atoms with van der Waals surface area (Å²) in [5.41, 5.74) is 1.79. The summed E-state index contributed by atoms with van der Waals surface area (Å²) in [6.07, 6.45) is 9.12. The van der Waals surface area contributed by atoms with Crippen molar-refractivity contribution < 1.29 is 9.21 Å². The summed E-state index contributed by atoms with van der Waals surface area (Å²) in [4.78, 5) is 11.5. The van der Waals surface area contributed by atoms with Gasteiger partial charge in [0.25, 0.3) is 0 Å². The zero-order chi connectivity index (χ0) is 13.7. The lowest BCUT2D eigenvalue weighted by molar-refractivity contribution is -0.116. The second-order valence-corrected chi connectivity index (χ2v) is 4.04. The standard InChI is InChI=1S/C16H15NO2/c1-3-11-17-16(18)10-9-13-12-7-5-6-8-15(12)19-14(13)4-2/h1,5-10H,4,11H2,2H3,(H,17,18)/b10-9+. The number of hydrogen-bond donors (Lipinski definition) is 1. The van der Waals surface area contributed by atoms with Gasteiger partial charge < -0.3 is 9.73 Å². The molecule has 1 N–H and O–H groups in total. The van der Waals surface area contributed by atoms with E-state index < -0.39 is 0 Å². The highest BCUT2D eigenvalue weighted by Crippen LogP contribution is 2.27. The van der Waals surface area contributed by atoms with E-state index in [-0.39, 0.29) is 12.5 Å². The molecule has 0 aliphatic heterocycles. The molecule has 0 aliphatic rings. The van der Waals surface area contributed by atoms with Crippen molar-refractivity contribution in [2.75, 3.05) is 6.54 Å². The summed E-state index contributed by atoms with van der Waals surface area (Å²) in [5.74, 6) is 3.03. The SMILES string of the molecule is C#CCNC(=O)/C=C/c1c(CC)oc2ccccc12. The van der Waals surface area contributed by atoms with E-state index in [9.17, 15) is 4.79 Å². The van der Waals surface area contributed by atoms with Crippen LogP contribution in [0.25, 0.3) is 17.0 Å². The summed E-state index contributed by atoms with van der Waals surface area (Å²) in [5, 5.41) is 3.60. The van der Waals surface area contributed by atoms with E-state index in [1.807, 2.05) is 31.2 Å². The van der Waals surface area contributed by atoms with Gasteiger partial charge in [-0.15, -0.1) is 6.42 Å². The first kappa shape index (κ1) is 13.0. The number of terminal acetylenes is 1. The van der Waals surface area contributed by atoms with Crippen LogP contribution >= 0.6 is 0 Å². The second-order valence-electron chi connectivity index (χ2n) is 4.04. The Kier molecular flexibility index (Phi) is 4.04. The number of benzene rings is 1. The molecule has 1 heterocycles. The minimum atomic E-state index is -0.203. The van der Waals surface area contributed by atoms with Crippen molar-refractivity contribution in [3.63, 3.8) is 0 Å². The van der Waals surface area contributed by atoms with E-state index in [1.165, 1.54) is 6.08 Å². The third kappa shape index (κ3) is 2.86. The molecule has 0 atom stereocenters. The summed E-state index contributed by atoms with van der Waals surface area (Å²) >= 11 is 0. The molecule has 2 aromatic rings. The average Bonchev–Trinajstić information content (AvgIpc) is 2.80. The monoisotopic (exact) mass is 253 g/mol. The molecule has 3 heteroatoms. The first-order valence-electron chi connectivity index (χ1n) is 6.16. The molecule has 0 radical (unpaired) electrons. The number of nitrogens with one attached hydrogen (secondary N) is 1. The molecule has 2 rings (SSSR count). The molecule has 1 aromatic carbocycles. The maximum atomic E-state index is 11.5. The quantitative estimate of drug-likeness (QED) is 0.672. The number of fused-ring (bicyclic) bond motifs is 1. The largest absolute Gasteiger partial charge is 0.460 e. The molecule has 0 saturated carbocycles. The number of hydrogen-bond acceptors (Lipinski definition) is 2. The van der Waals surface area contributed by atoms with Crippen molar-refractivity contribution >= 4 is 23.0 Å². The van der Waals surface area contributed by atoms with Crippen LogP contribution in [0.3, 0.4) is 0 Å². The first-order chi connectivity index (χ1) is 9.26. The average molecular weight is 253 g/mol. The molecule has 0 saturated heterocycles. The Bertz CT molecular complexity index is 659. The van der Waals surface area contributed by atoms with E-state index in [4.69, 9.17) is 10.8 Å². The minimum Gasteiger partial charge on any atom is -0.460 e. The van der Waals surface area contributed by atoms with Crippen molar-refractivity contribution in [3.8, 4) is 12.3 Å². The maximum Gasteiger partial charge on any atom is 0.244 e. The molecule has 96 valence electrons. The summed E-state index contributed by atoms with van der Waals surface area (Å²) in [6, 6.07) is 7.78. The van der Waals surface area contributed by atoms with E-state index in [2.05, 4.69) is 11.2 Å². The molecule has 1 aromatic heterocycles. The fraction of sp³-hybridized carbons (Fsp3) is 0.188. The van der Waals surface area contributed by atoms with E-state index in [1.54, 1.807) is 6.08 Å². The summed E-state index contributed by atoms with van der Waals surface area (Å²) in [7, 11) is 0. The summed E-state index contributed by atoms with van der Waals surface area (Å²) < 4.78 is 5.75. The third-order valence-electron chi connectivity index (χ3n) is 2.80. The van der Waals surface area contributed by atoms with Gasteiger partial charge in [-0.25, -0.2) is 0 Å². The highest BCUT2D eigenvalue weighted by Gasteiger charge is 2.09. The molecule has 0 unspecified atom stereocenters. The lowest BCUT2D eigenvalue weighted by Crippen LogP contribution is -2.20. The van der Waals surface area contributed by atoms with Crippen LogP contribution in [0.2, 0.25) is 0 Å². The van der Waals surface area contributed by atoms with Gasteiger partial charge in [-0.1, -0.05) is 31.0 Å². The number of para-hydroxylation sites is 1. The predicted octanol–water partition coefficient (Wildman–Crippen LogP) is 2.76. The first-order valence-corrected chi connectivity index (χ1v) is 6.16. The lowest BCUT2D eigenvalue weighted by atomic mass is 10.1. The van der Waals surface area contributed by atoms with Crippen molar-refractivity contribution in [1.29, 1.82) is 0 Å². The third-order valence-corrected chi connectivity index (χ3v) is 2.80. The second kappa shape index (κ2) is 5.92. The van der Waals surface area contributed by atoms with Crippen LogP contribution in [-0.4, -0.2) is 12.5 Å².